The molecule has 1 amide bonds. The van der Waals surface area contributed by atoms with Crippen LogP contribution in [-0.2, 0) is 4.79 Å². The summed E-state index contributed by atoms with van der Waals surface area (Å²) in [5.41, 5.74) is 2.08. The summed E-state index contributed by atoms with van der Waals surface area (Å²) in [4.78, 5) is 20.8. The summed E-state index contributed by atoms with van der Waals surface area (Å²) in [5, 5.41) is 10.6. The number of nitrogens with one attached hydrogen (secondary N) is 2. The third kappa shape index (κ3) is 3.14. The number of hydrogen-bond donors (Lipinski definition) is 2. The zero-order valence-corrected chi connectivity index (χ0v) is 12.2. The van der Waals surface area contributed by atoms with Crippen LogP contribution in [0.5, 0.6) is 0 Å². The third-order valence-corrected chi connectivity index (χ3v) is 3.45. The standard InChI is InChI=1S/C14H21N5O/c1-10-8-11(2)17-13(16-10)12(9-15)14(20)19-6-4-18(3)5-7-19/h8-9,15-16H,4-7H2,1-3H3/b13-12-,15-9?. The average Bonchev–Trinajstić information content (AvgIpc) is 2.39. The van der Waals surface area contributed by atoms with Crippen LogP contribution in [0.2, 0.25) is 0 Å². The van der Waals surface area contributed by atoms with Crippen molar-refractivity contribution in [1.29, 1.82) is 5.41 Å². The smallest absolute Gasteiger partial charge is 0.259 e. The molecule has 2 N–H and O–H groups in total. The van der Waals surface area contributed by atoms with Crippen LogP contribution in [0.3, 0.4) is 0 Å². The van der Waals surface area contributed by atoms with Crippen molar-refractivity contribution in [3.05, 3.63) is 23.2 Å². The zero-order chi connectivity index (χ0) is 14.7. The SMILES string of the molecule is CC1=CC(C)=N/C(=C(/C=N)C(=O)N2CCN(C)CC2)N1. The number of carbonyl (C=O) groups excluding carboxylic acids is 1. The van der Waals surface area contributed by atoms with Crippen LogP contribution in [0, 0.1) is 5.41 Å². The van der Waals surface area contributed by atoms with Crippen molar-refractivity contribution >= 4 is 17.8 Å². The van der Waals surface area contributed by atoms with E-state index in [1.165, 1.54) is 0 Å². The van der Waals surface area contributed by atoms with Crippen molar-refractivity contribution < 1.29 is 4.79 Å². The molecule has 0 radical (unpaired) electrons. The quantitative estimate of drug-likeness (QED) is 0.572. The predicted octanol–water partition coefficient (Wildman–Crippen LogP) is 0.589. The molecule has 6 nitrogen and oxygen atoms in total. The van der Waals surface area contributed by atoms with Crippen molar-refractivity contribution in [3.8, 4) is 0 Å². The first-order valence-corrected chi connectivity index (χ1v) is 6.74. The Morgan fingerprint density at radius 1 is 1.35 bits per heavy atom. The Bertz CT molecular complexity index is 510. The molecular weight excluding hydrogens is 254 g/mol. The van der Waals surface area contributed by atoms with E-state index >= 15 is 0 Å². The van der Waals surface area contributed by atoms with E-state index in [1.807, 2.05) is 27.0 Å². The Hall–Kier alpha value is -1.95. The topological polar surface area (TPSA) is 71.8 Å². The molecule has 0 aromatic carbocycles. The highest BCUT2D eigenvalue weighted by Gasteiger charge is 2.24. The minimum absolute atomic E-state index is 0.123. The molecule has 0 saturated carbocycles. The molecule has 20 heavy (non-hydrogen) atoms. The van der Waals surface area contributed by atoms with E-state index in [9.17, 15) is 4.79 Å². The van der Waals surface area contributed by atoms with Crippen LogP contribution >= 0.6 is 0 Å². The van der Waals surface area contributed by atoms with Crippen LogP contribution in [-0.4, -0.2) is 60.9 Å². The molecule has 0 aliphatic carbocycles. The Morgan fingerprint density at radius 2 is 2.00 bits per heavy atom. The predicted molar refractivity (Wildman–Crippen MR) is 79.9 cm³/mol. The number of carbonyl (C=O) groups is 1. The minimum Gasteiger partial charge on any atom is -0.343 e. The van der Waals surface area contributed by atoms with E-state index < -0.39 is 0 Å². The van der Waals surface area contributed by atoms with Gasteiger partial charge in [0.15, 0.2) is 0 Å². The van der Waals surface area contributed by atoms with Gasteiger partial charge in [-0.3, -0.25) is 4.79 Å². The molecule has 0 aromatic heterocycles. The third-order valence-electron chi connectivity index (χ3n) is 3.45. The van der Waals surface area contributed by atoms with Crippen LogP contribution < -0.4 is 5.32 Å². The van der Waals surface area contributed by atoms with Crippen molar-refractivity contribution in [2.45, 2.75) is 13.8 Å². The molecule has 0 bridgehead atoms. The lowest BCUT2D eigenvalue weighted by molar-refractivity contribution is -0.128. The number of hydrogen-bond acceptors (Lipinski definition) is 5. The number of likely N-dealkylation sites (N-methyl/N-ethyl adjacent to an activating group) is 1. The van der Waals surface area contributed by atoms with Crippen molar-refractivity contribution in [2.24, 2.45) is 4.99 Å². The van der Waals surface area contributed by atoms with Crippen LogP contribution in [0.25, 0.3) is 0 Å². The summed E-state index contributed by atoms with van der Waals surface area (Å²) in [6.45, 7) is 6.91. The van der Waals surface area contributed by atoms with Gasteiger partial charge in [0.1, 0.15) is 5.82 Å². The second-order valence-corrected chi connectivity index (χ2v) is 5.21. The van der Waals surface area contributed by atoms with Gasteiger partial charge in [0, 0.05) is 43.8 Å². The molecule has 2 rings (SSSR count). The summed E-state index contributed by atoms with van der Waals surface area (Å²) < 4.78 is 0. The first kappa shape index (κ1) is 14.5. The second-order valence-electron chi connectivity index (χ2n) is 5.21. The highest BCUT2D eigenvalue weighted by molar-refractivity contribution is 6.12. The Balaban J connectivity index is 2.22. The second kappa shape index (κ2) is 6.00. The fraction of sp³-hybridized carbons (Fsp3) is 0.500. The van der Waals surface area contributed by atoms with Gasteiger partial charge >= 0.3 is 0 Å². The van der Waals surface area contributed by atoms with E-state index in [-0.39, 0.29) is 5.91 Å². The first-order chi connectivity index (χ1) is 9.51. The van der Waals surface area contributed by atoms with Crippen LogP contribution in [0.1, 0.15) is 13.8 Å². The van der Waals surface area contributed by atoms with Gasteiger partial charge < -0.3 is 20.5 Å². The lowest BCUT2D eigenvalue weighted by Gasteiger charge is -2.32. The maximum absolute atomic E-state index is 12.5. The van der Waals surface area contributed by atoms with E-state index in [4.69, 9.17) is 5.41 Å². The Kier molecular flexibility index (Phi) is 4.34. The van der Waals surface area contributed by atoms with Gasteiger partial charge in [0.25, 0.3) is 5.91 Å². The number of nitrogens with zero attached hydrogens (tertiary/aromatic N) is 3. The molecule has 2 heterocycles. The maximum atomic E-state index is 12.5. The normalized spacial score (nSPS) is 22.6. The molecule has 6 heteroatoms. The van der Waals surface area contributed by atoms with Gasteiger partial charge in [-0.05, 0) is 27.0 Å². The summed E-state index contributed by atoms with van der Waals surface area (Å²) >= 11 is 0. The zero-order valence-electron chi connectivity index (χ0n) is 12.2. The maximum Gasteiger partial charge on any atom is 0.259 e. The fourth-order valence-corrected chi connectivity index (χ4v) is 2.31. The van der Waals surface area contributed by atoms with Gasteiger partial charge in [-0.1, -0.05) is 0 Å². The van der Waals surface area contributed by atoms with Crippen molar-refractivity contribution in [2.75, 3.05) is 33.2 Å². The number of rotatable bonds is 2. The summed E-state index contributed by atoms with van der Waals surface area (Å²) in [6, 6.07) is 0. The Morgan fingerprint density at radius 3 is 2.55 bits per heavy atom. The lowest BCUT2D eigenvalue weighted by atomic mass is 10.2. The molecule has 0 atom stereocenters. The molecule has 1 saturated heterocycles. The molecule has 2 aliphatic rings. The van der Waals surface area contributed by atoms with Crippen LogP contribution in [0.15, 0.2) is 28.2 Å². The molecule has 1 fully saturated rings. The monoisotopic (exact) mass is 275 g/mol. The van der Waals surface area contributed by atoms with E-state index in [2.05, 4.69) is 15.2 Å². The average molecular weight is 275 g/mol. The number of piperazine rings is 1. The summed E-state index contributed by atoms with van der Waals surface area (Å²) in [7, 11) is 2.04. The lowest BCUT2D eigenvalue weighted by Crippen LogP contribution is -2.48. The molecule has 0 aromatic rings. The number of aliphatic imine (C=N–C) groups is 1. The van der Waals surface area contributed by atoms with Gasteiger partial charge in [-0.15, -0.1) is 0 Å². The minimum atomic E-state index is -0.123. The number of amides is 1. The van der Waals surface area contributed by atoms with Gasteiger partial charge in [-0.25, -0.2) is 4.99 Å². The Labute approximate surface area is 119 Å². The number of allylic oxidation sites excluding steroid dienone is 2. The van der Waals surface area contributed by atoms with E-state index in [1.54, 1.807) is 4.90 Å². The summed E-state index contributed by atoms with van der Waals surface area (Å²) in [6.07, 6.45) is 3.00. The molecular formula is C14H21N5O. The van der Waals surface area contributed by atoms with Crippen LogP contribution in [0.4, 0.5) is 0 Å². The fourth-order valence-electron chi connectivity index (χ4n) is 2.31. The van der Waals surface area contributed by atoms with Crippen molar-refractivity contribution in [1.82, 2.24) is 15.1 Å². The van der Waals surface area contributed by atoms with E-state index in [0.717, 1.165) is 30.7 Å². The molecule has 0 unspecified atom stereocenters. The van der Waals surface area contributed by atoms with Gasteiger partial charge in [0.2, 0.25) is 0 Å². The van der Waals surface area contributed by atoms with E-state index in [0.29, 0.717) is 24.5 Å². The molecule has 108 valence electrons. The van der Waals surface area contributed by atoms with Gasteiger partial charge in [0.05, 0.1) is 5.57 Å². The highest BCUT2D eigenvalue weighted by atomic mass is 16.2. The van der Waals surface area contributed by atoms with Crippen molar-refractivity contribution in [3.63, 3.8) is 0 Å². The molecule has 0 spiro atoms. The first-order valence-electron chi connectivity index (χ1n) is 6.74. The highest BCUT2D eigenvalue weighted by Crippen LogP contribution is 2.13. The van der Waals surface area contributed by atoms with Gasteiger partial charge in [-0.2, -0.15) is 0 Å². The molecule has 2 aliphatic heterocycles. The largest absolute Gasteiger partial charge is 0.343 e. The summed E-state index contributed by atoms with van der Waals surface area (Å²) in [5.74, 6) is 0.350.